The molecule has 0 spiro atoms. The zero-order chi connectivity index (χ0) is 22.3. The molecule has 0 amide bonds. The Kier molecular flexibility index (Phi) is 7.17. The summed E-state index contributed by atoms with van der Waals surface area (Å²) in [6.07, 6.45) is -1.91. The van der Waals surface area contributed by atoms with Crippen molar-refractivity contribution in [2.45, 2.75) is 25.9 Å². The van der Waals surface area contributed by atoms with Crippen molar-refractivity contribution in [3.63, 3.8) is 0 Å². The van der Waals surface area contributed by atoms with E-state index >= 15 is 0 Å². The number of anilines is 4. The molecule has 0 aliphatic heterocycles. The summed E-state index contributed by atoms with van der Waals surface area (Å²) in [5, 5.41) is 5.62. The number of unbranched alkanes of at least 4 members (excludes halogenated alkanes) is 1. The first kappa shape index (κ1) is 22.2. The van der Waals surface area contributed by atoms with Gasteiger partial charge in [-0.1, -0.05) is 13.3 Å². The largest absolute Gasteiger partial charge is 0.497 e. The van der Waals surface area contributed by atoms with Crippen LogP contribution in [0.25, 0.3) is 0 Å². The van der Waals surface area contributed by atoms with E-state index in [1.807, 2.05) is 0 Å². The highest BCUT2D eigenvalue weighted by atomic mass is 19.4. The van der Waals surface area contributed by atoms with Crippen LogP contribution in [0, 0.1) is 0 Å². The topological polar surface area (TPSA) is 68.3 Å². The zero-order valence-electron chi connectivity index (χ0n) is 17.2. The predicted molar refractivity (Wildman–Crippen MR) is 113 cm³/mol. The van der Waals surface area contributed by atoms with Gasteiger partial charge < -0.3 is 20.1 Å². The molecule has 2 N–H and O–H groups in total. The van der Waals surface area contributed by atoms with Crippen LogP contribution in [0.2, 0.25) is 0 Å². The molecule has 0 aliphatic rings. The van der Waals surface area contributed by atoms with E-state index in [1.165, 1.54) is 0 Å². The van der Waals surface area contributed by atoms with Crippen LogP contribution in [0.15, 0.2) is 54.7 Å². The molecule has 0 atom stereocenters. The Morgan fingerprint density at radius 3 is 2.10 bits per heavy atom. The van der Waals surface area contributed by atoms with Gasteiger partial charge in [-0.25, -0.2) is 4.98 Å². The number of ether oxygens (including phenoxy) is 2. The Hall–Kier alpha value is -3.49. The van der Waals surface area contributed by atoms with E-state index < -0.39 is 11.7 Å². The number of alkyl halides is 3. The number of hydrogen-bond acceptors (Lipinski definition) is 6. The number of nitrogens with one attached hydrogen (secondary N) is 2. The first-order chi connectivity index (χ1) is 14.9. The summed E-state index contributed by atoms with van der Waals surface area (Å²) in [6, 6.07) is 13.5. The van der Waals surface area contributed by atoms with Gasteiger partial charge in [0.1, 0.15) is 22.9 Å². The maximum Gasteiger partial charge on any atom is 0.421 e. The molecule has 164 valence electrons. The van der Waals surface area contributed by atoms with Gasteiger partial charge in [-0.15, -0.1) is 0 Å². The minimum Gasteiger partial charge on any atom is -0.497 e. The molecule has 6 nitrogen and oxygen atoms in total. The molecule has 1 aromatic heterocycles. The van der Waals surface area contributed by atoms with Crippen molar-refractivity contribution in [1.29, 1.82) is 0 Å². The third kappa shape index (κ3) is 6.24. The molecule has 2 aromatic carbocycles. The zero-order valence-corrected chi connectivity index (χ0v) is 17.2. The van der Waals surface area contributed by atoms with Gasteiger partial charge in [0.25, 0.3) is 0 Å². The van der Waals surface area contributed by atoms with Gasteiger partial charge in [0, 0.05) is 17.6 Å². The van der Waals surface area contributed by atoms with E-state index in [0.29, 0.717) is 29.5 Å². The standard InChI is InChI=1S/C22H23F3N4O2/c1-3-4-13-31-18-11-7-15(8-12-18)27-20-19(22(23,24)25)14-26-21(29-20)28-16-5-9-17(30-2)10-6-16/h5-12,14H,3-4,13H2,1-2H3,(H2,26,27,28,29). The van der Waals surface area contributed by atoms with Crippen molar-refractivity contribution in [3.05, 3.63) is 60.3 Å². The first-order valence-electron chi connectivity index (χ1n) is 9.74. The van der Waals surface area contributed by atoms with Gasteiger partial charge in [0.15, 0.2) is 0 Å². The molecule has 0 saturated heterocycles. The van der Waals surface area contributed by atoms with Gasteiger partial charge in [0.2, 0.25) is 5.95 Å². The highest BCUT2D eigenvalue weighted by Crippen LogP contribution is 2.35. The van der Waals surface area contributed by atoms with Crippen LogP contribution in [0.3, 0.4) is 0 Å². The van der Waals surface area contributed by atoms with E-state index in [-0.39, 0.29) is 11.8 Å². The molecule has 0 fully saturated rings. The van der Waals surface area contributed by atoms with Crippen LogP contribution in [-0.2, 0) is 6.18 Å². The molecule has 0 radical (unpaired) electrons. The highest BCUT2D eigenvalue weighted by molar-refractivity contribution is 5.63. The minimum atomic E-state index is -4.61. The predicted octanol–water partition coefficient (Wildman–Crippen LogP) is 6.17. The summed E-state index contributed by atoms with van der Waals surface area (Å²) in [7, 11) is 1.54. The Morgan fingerprint density at radius 1 is 0.903 bits per heavy atom. The Bertz CT molecular complexity index is 978. The van der Waals surface area contributed by atoms with E-state index in [2.05, 4.69) is 27.5 Å². The second-order valence-corrected chi connectivity index (χ2v) is 6.66. The van der Waals surface area contributed by atoms with E-state index in [9.17, 15) is 13.2 Å². The van der Waals surface area contributed by atoms with Gasteiger partial charge in [-0.3, -0.25) is 0 Å². The van der Waals surface area contributed by atoms with Crippen LogP contribution in [-0.4, -0.2) is 23.7 Å². The lowest BCUT2D eigenvalue weighted by atomic mass is 10.2. The second kappa shape index (κ2) is 10.0. The van der Waals surface area contributed by atoms with Gasteiger partial charge >= 0.3 is 6.18 Å². The molecule has 0 aliphatic carbocycles. The minimum absolute atomic E-state index is 0.0279. The lowest BCUT2D eigenvalue weighted by Crippen LogP contribution is -2.12. The maximum absolute atomic E-state index is 13.5. The van der Waals surface area contributed by atoms with Gasteiger partial charge in [-0.2, -0.15) is 18.2 Å². The summed E-state index contributed by atoms with van der Waals surface area (Å²) in [4.78, 5) is 7.85. The van der Waals surface area contributed by atoms with Crippen LogP contribution in [0.4, 0.5) is 36.3 Å². The molecule has 0 bridgehead atoms. The molecule has 0 unspecified atom stereocenters. The quantitative estimate of drug-likeness (QED) is 0.394. The first-order valence-corrected chi connectivity index (χ1v) is 9.74. The summed E-state index contributed by atoms with van der Waals surface area (Å²) in [5.74, 6) is 0.987. The normalized spacial score (nSPS) is 11.1. The number of nitrogens with zero attached hydrogens (tertiary/aromatic N) is 2. The number of hydrogen-bond donors (Lipinski definition) is 2. The second-order valence-electron chi connectivity index (χ2n) is 6.66. The van der Waals surface area contributed by atoms with E-state index in [0.717, 1.165) is 19.0 Å². The number of rotatable bonds is 9. The van der Waals surface area contributed by atoms with Crippen molar-refractivity contribution in [2.75, 3.05) is 24.4 Å². The highest BCUT2D eigenvalue weighted by Gasteiger charge is 2.35. The fourth-order valence-electron chi connectivity index (χ4n) is 2.65. The van der Waals surface area contributed by atoms with Crippen LogP contribution in [0.5, 0.6) is 11.5 Å². The summed E-state index contributed by atoms with van der Waals surface area (Å²) < 4.78 is 51.0. The van der Waals surface area contributed by atoms with Crippen molar-refractivity contribution in [2.24, 2.45) is 0 Å². The monoisotopic (exact) mass is 432 g/mol. The lowest BCUT2D eigenvalue weighted by Gasteiger charge is -2.15. The number of methoxy groups -OCH3 is 1. The molecular formula is C22H23F3N4O2. The molecule has 31 heavy (non-hydrogen) atoms. The molecule has 1 heterocycles. The maximum atomic E-state index is 13.5. The van der Waals surface area contributed by atoms with Crippen molar-refractivity contribution in [3.8, 4) is 11.5 Å². The van der Waals surface area contributed by atoms with Gasteiger partial charge in [-0.05, 0) is 55.0 Å². The Balaban J connectivity index is 1.80. The molecule has 9 heteroatoms. The molecule has 0 saturated carbocycles. The summed E-state index contributed by atoms with van der Waals surface area (Å²) in [6.45, 7) is 2.65. The molecule has 3 rings (SSSR count). The molecular weight excluding hydrogens is 409 g/mol. The smallest absolute Gasteiger partial charge is 0.421 e. The average Bonchev–Trinajstić information content (AvgIpc) is 2.75. The van der Waals surface area contributed by atoms with Crippen LogP contribution >= 0.6 is 0 Å². The van der Waals surface area contributed by atoms with E-state index in [4.69, 9.17) is 9.47 Å². The van der Waals surface area contributed by atoms with Crippen molar-refractivity contribution < 1.29 is 22.6 Å². The summed E-state index contributed by atoms with van der Waals surface area (Å²) in [5.41, 5.74) is 0.0959. The Morgan fingerprint density at radius 2 is 1.52 bits per heavy atom. The SMILES string of the molecule is CCCCOc1ccc(Nc2nc(Nc3ccc(OC)cc3)ncc2C(F)(F)F)cc1. The fraction of sp³-hybridized carbons (Fsp3) is 0.273. The van der Waals surface area contributed by atoms with Crippen molar-refractivity contribution >= 4 is 23.1 Å². The third-order valence-electron chi connectivity index (χ3n) is 4.32. The Labute approximate surface area is 178 Å². The number of aromatic nitrogens is 2. The average molecular weight is 432 g/mol. The van der Waals surface area contributed by atoms with Crippen molar-refractivity contribution in [1.82, 2.24) is 9.97 Å². The molecule has 3 aromatic rings. The fourth-order valence-corrected chi connectivity index (χ4v) is 2.65. The third-order valence-corrected chi connectivity index (χ3v) is 4.32. The van der Waals surface area contributed by atoms with Gasteiger partial charge in [0.05, 0.1) is 13.7 Å². The lowest BCUT2D eigenvalue weighted by molar-refractivity contribution is -0.137. The number of halogens is 3. The van der Waals surface area contributed by atoms with Crippen LogP contribution in [0.1, 0.15) is 25.3 Å². The van der Waals surface area contributed by atoms with E-state index in [1.54, 1.807) is 55.6 Å². The van der Waals surface area contributed by atoms with Crippen LogP contribution < -0.4 is 20.1 Å². The number of benzene rings is 2. The summed E-state index contributed by atoms with van der Waals surface area (Å²) >= 11 is 0.